The van der Waals surface area contributed by atoms with E-state index in [2.05, 4.69) is 4.98 Å². The summed E-state index contributed by atoms with van der Waals surface area (Å²) in [6.45, 7) is 0.491. The van der Waals surface area contributed by atoms with Crippen molar-refractivity contribution in [3.05, 3.63) is 101 Å². The van der Waals surface area contributed by atoms with Crippen LogP contribution in [0.15, 0.2) is 78.9 Å². The van der Waals surface area contributed by atoms with Crippen LogP contribution in [0.2, 0.25) is 0 Å². The van der Waals surface area contributed by atoms with Gasteiger partial charge in [-0.3, -0.25) is 14.8 Å². The number of aromatic nitrogens is 2. The van der Waals surface area contributed by atoms with Gasteiger partial charge in [-0.1, -0.05) is 60.7 Å². The van der Waals surface area contributed by atoms with Crippen molar-refractivity contribution in [2.45, 2.75) is 19.2 Å². The smallest absolute Gasteiger partial charge is 0.446 e. The summed E-state index contributed by atoms with van der Waals surface area (Å²) in [4.78, 5) is 27.9. The number of H-pyrrole nitrogens is 1. The highest BCUT2D eigenvalue weighted by Gasteiger charge is 2.24. The Kier molecular flexibility index (Phi) is 8.95. The van der Waals surface area contributed by atoms with Crippen LogP contribution in [0.4, 0.5) is 13.2 Å². The predicted molar refractivity (Wildman–Crippen MR) is 127 cm³/mol. The van der Waals surface area contributed by atoms with Gasteiger partial charge in [0, 0.05) is 12.5 Å². The molecular formula is C26H22F3N3O4. The van der Waals surface area contributed by atoms with E-state index in [1.54, 1.807) is 11.6 Å². The quantitative estimate of drug-likeness (QED) is 0.144. The van der Waals surface area contributed by atoms with E-state index < -0.39 is 18.4 Å². The van der Waals surface area contributed by atoms with Crippen molar-refractivity contribution < 1.29 is 32.7 Å². The molecule has 1 heterocycles. The monoisotopic (exact) mass is 497 g/mol. The van der Waals surface area contributed by atoms with E-state index in [-0.39, 0.29) is 0 Å². The molecule has 0 atom stereocenters. The highest BCUT2D eigenvalue weighted by molar-refractivity contribution is 5.90. The topological polar surface area (TPSA) is 104 Å². The third-order valence-electron chi connectivity index (χ3n) is 4.78. The largest absolute Gasteiger partial charge is 0.487 e. The number of alkyl halides is 3. The third kappa shape index (κ3) is 8.10. The molecule has 186 valence electrons. The molecule has 0 aliphatic rings. The lowest BCUT2D eigenvalue weighted by molar-refractivity contribution is -0.156. The van der Waals surface area contributed by atoms with Crippen LogP contribution in [-0.2, 0) is 22.6 Å². The lowest BCUT2D eigenvalue weighted by Gasteiger charge is -2.06. The number of fused-ring (bicyclic) bond motifs is 1. The number of para-hydroxylation sites is 1. The molecule has 0 bridgehead atoms. The molecule has 0 spiro atoms. The first kappa shape index (κ1) is 26.2. The Morgan fingerprint density at radius 3 is 2.33 bits per heavy atom. The number of ether oxygens (including phenoxy) is 1. The van der Waals surface area contributed by atoms with Crippen molar-refractivity contribution in [1.29, 1.82) is 0 Å². The zero-order valence-electron chi connectivity index (χ0n) is 18.8. The molecule has 7 nitrogen and oxygen atoms in total. The van der Waals surface area contributed by atoms with Crippen LogP contribution in [0, 0.1) is 0 Å². The van der Waals surface area contributed by atoms with E-state index in [4.69, 9.17) is 19.7 Å². The molecule has 4 rings (SSSR count). The van der Waals surface area contributed by atoms with Crippen LogP contribution in [-0.4, -0.2) is 33.5 Å². The normalized spacial score (nSPS) is 11.1. The lowest BCUT2D eigenvalue weighted by Crippen LogP contribution is -2.14. The van der Waals surface area contributed by atoms with Crippen molar-refractivity contribution in [3.8, 4) is 5.75 Å². The van der Waals surface area contributed by atoms with Gasteiger partial charge < -0.3 is 9.72 Å². The number of aldehydes is 1. The number of nitrogens with zero attached hydrogens (tertiary/aromatic N) is 1. The number of halogens is 3. The second-order valence-corrected chi connectivity index (χ2v) is 7.50. The van der Waals surface area contributed by atoms with E-state index >= 15 is 0 Å². The van der Waals surface area contributed by atoms with Crippen LogP contribution in [0.1, 0.15) is 22.5 Å². The van der Waals surface area contributed by atoms with E-state index in [0.717, 1.165) is 39.3 Å². The van der Waals surface area contributed by atoms with Gasteiger partial charge in [-0.25, -0.2) is 10.5 Å². The number of carbonyl (C=O) groups is 2. The van der Waals surface area contributed by atoms with Gasteiger partial charge >= 0.3 is 6.18 Å². The summed E-state index contributed by atoms with van der Waals surface area (Å²) in [7, 11) is 0. The first-order valence-electron chi connectivity index (χ1n) is 10.7. The zero-order chi connectivity index (χ0) is 26.0. The molecule has 0 radical (unpaired) electrons. The van der Waals surface area contributed by atoms with Gasteiger partial charge in [0.25, 0.3) is 5.91 Å². The molecule has 0 aliphatic heterocycles. The summed E-state index contributed by atoms with van der Waals surface area (Å²) in [6.07, 6.45) is -2.15. The second-order valence-electron chi connectivity index (χ2n) is 7.50. The molecular weight excluding hydrogens is 475 g/mol. The fourth-order valence-corrected chi connectivity index (χ4v) is 3.14. The average Bonchev–Trinajstić information content (AvgIpc) is 3.30. The lowest BCUT2D eigenvalue weighted by atomic mass is 10.1. The molecule has 4 aromatic rings. The van der Waals surface area contributed by atoms with E-state index in [1.165, 1.54) is 6.08 Å². The van der Waals surface area contributed by atoms with Crippen LogP contribution in [0.3, 0.4) is 0 Å². The number of hydrogen-bond donors (Lipinski definition) is 3. The van der Waals surface area contributed by atoms with Crippen molar-refractivity contribution in [2.75, 3.05) is 0 Å². The maximum Gasteiger partial charge on any atom is 0.446 e. The number of nitrogens with one attached hydrogen (secondary N) is 2. The summed E-state index contributed by atoms with van der Waals surface area (Å²) < 4.78 is 37.2. The standard InChI is InChI=1S/C24H21N3O3.C2HF3O/c28-23(27-29)14-13-17-9-11-18(12-10-17)15-22-25-20-7-4-8-21(24(20)26-22)30-16-19-5-2-1-3-6-19;3-2(4,5)1-6/h1-14,29H,15-16H2,(H,25,26)(H,27,28);1H/b14-13+;. The van der Waals surface area contributed by atoms with Gasteiger partial charge in [0.15, 0.2) is 0 Å². The number of carbonyl (C=O) groups excluding carboxylic acids is 2. The highest BCUT2D eigenvalue weighted by Crippen LogP contribution is 2.25. The maximum absolute atomic E-state index is 11.1. The van der Waals surface area contributed by atoms with E-state index in [0.29, 0.717) is 13.0 Å². The van der Waals surface area contributed by atoms with E-state index in [9.17, 15) is 18.0 Å². The number of benzene rings is 3. The number of hydrogen-bond acceptors (Lipinski definition) is 5. The number of amides is 1. The average molecular weight is 497 g/mol. The maximum atomic E-state index is 11.1. The molecule has 1 amide bonds. The number of hydroxylamine groups is 1. The molecule has 10 heteroatoms. The fraction of sp³-hybridized carbons (Fsp3) is 0.115. The Bertz CT molecular complexity index is 1320. The Labute approximate surface area is 204 Å². The minimum Gasteiger partial charge on any atom is -0.487 e. The summed E-state index contributed by atoms with van der Waals surface area (Å²) in [5.74, 6) is 1.04. The Balaban J connectivity index is 0.000000538. The summed E-state index contributed by atoms with van der Waals surface area (Å²) >= 11 is 0. The number of rotatable bonds is 7. The van der Waals surface area contributed by atoms with Gasteiger partial charge in [0.1, 0.15) is 23.7 Å². The fourth-order valence-electron chi connectivity index (χ4n) is 3.14. The number of aromatic amines is 1. The van der Waals surface area contributed by atoms with Gasteiger partial charge in [-0.05, 0) is 34.9 Å². The molecule has 0 unspecified atom stereocenters. The Morgan fingerprint density at radius 2 is 1.69 bits per heavy atom. The zero-order valence-corrected chi connectivity index (χ0v) is 18.8. The minimum atomic E-state index is -4.64. The van der Waals surface area contributed by atoms with Gasteiger partial charge in [-0.2, -0.15) is 13.2 Å². The molecule has 0 aliphatic carbocycles. The van der Waals surface area contributed by atoms with Gasteiger partial charge in [-0.15, -0.1) is 0 Å². The molecule has 36 heavy (non-hydrogen) atoms. The highest BCUT2D eigenvalue weighted by atomic mass is 19.4. The molecule has 1 aromatic heterocycles. The Hall–Kier alpha value is -4.44. The summed E-state index contributed by atoms with van der Waals surface area (Å²) in [5.41, 5.74) is 6.38. The first-order valence-corrected chi connectivity index (χ1v) is 10.7. The first-order chi connectivity index (χ1) is 17.3. The van der Waals surface area contributed by atoms with Crippen molar-refractivity contribution in [1.82, 2.24) is 15.4 Å². The van der Waals surface area contributed by atoms with E-state index in [1.807, 2.05) is 72.8 Å². The molecule has 3 aromatic carbocycles. The Morgan fingerprint density at radius 1 is 1.00 bits per heavy atom. The van der Waals surface area contributed by atoms with Crippen LogP contribution < -0.4 is 10.2 Å². The van der Waals surface area contributed by atoms with Crippen LogP contribution in [0.25, 0.3) is 17.1 Å². The van der Waals surface area contributed by atoms with Gasteiger partial charge in [0.05, 0.1) is 5.52 Å². The van der Waals surface area contributed by atoms with Gasteiger partial charge in [0.2, 0.25) is 6.29 Å². The molecule has 0 fully saturated rings. The molecule has 3 N–H and O–H groups in total. The third-order valence-corrected chi connectivity index (χ3v) is 4.78. The SMILES string of the molecule is O=C(/C=C/c1ccc(Cc2nc3c(OCc4ccccc4)cccc3[nH]2)cc1)NO.O=CC(F)(F)F. The van der Waals surface area contributed by atoms with Crippen molar-refractivity contribution in [2.24, 2.45) is 0 Å². The van der Waals surface area contributed by atoms with Crippen LogP contribution >= 0.6 is 0 Å². The second kappa shape index (κ2) is 12.3. The minimum absolute atomic E-state index is 0.491. The number of imidazole rings is 1. The molecule has 0 saturated carbocycles. The molecule has 0 saturated heterocycles. The summed E-state index contributed by atoms with van der Waals surface area (Å²) in [6, 6.07) is 23.7. The van der Waals surface area contributed by atoms with Crippen molar-refractivity contribution in [3.63, 3.8) is 0 Å². The predicted octanol–water partition coefficient (Wildman–Crippen LogP) is 5.00. The van der Waals surface area contributed by atoms with Crippen molar-refractivity contribution >= 4 is 29.3 Å². The van der Waals surface area contributed by atoms with Crippen LogP contribution in [0.5, 0.6) is 5.75 Å². The summed E-state index contributed by atoms with van der Waals surface area (Å²) in [5, 5.41) is 8.52.